The van der Waals surface area contributed by atoms with Crippen molar-refractivity contribution in [3.05, 3.63) is 39.9 Å². The normalized spacial score (nSPS) is 15.5. The first-order valence-electron chi connectivity index (χ1n) is 11.1. The average Bonchev–Trinajstić information content (AvgIpc) is 2.81. The lowest BCUT2D eigenvalue weighted by atomic mass is 9.91. The number of esters is 2. The fourth-order valence-electron chi connectivity index (χ4n) is 3.18. The Bertz CT molecular complexity index is 862. The van der Waals surface area contributed by atoms with E-state index in [1.165, 1.54) is 17.0 Å². The second kappa shape index (κ2) is 11.6. The van der Waals surface area contributed by atoms with Gasteiger partial charge in [0.2, 0.25) is 0 Å². The third-order valence-electron chi connectivity index (χ3n) is 5.83. The Morgan fingerprint density at radius 2 is 1.82 bits per heavy atom. The molecule has 1 fully saturated rings. The van der Waals surface area contributed by atoms with Gasteiger partial charge >= 0.3 is 18.0 Å². The molecule has 182 valence electrons. The van der Waals surface area contributed by atoms with Crippen LogP contribution in [0.4, 0.5) is 10.5 Å². The number of hydrogen-bond donors (Lipinski definition) is 0. The first-order valence-corrected chi connectivity index (χ1v) is 11.1. The summed E-state index contributed by atoms with van der Waals surface area (Å²) in [6.07, 6.45) is 0.331. The van der Waals surface area contributed by atoms with E-state index >= 15 is 0 Å². The van der Waals surface area contributed by atoms with Crippen LogP contribution >= 0.6 is 0 Å². The first kappa shape index (κ1) is 26.1. The Morgan fingerprint density at radius 1 is 1.18 bits per heavy atom. The zero-order chi connectivity index (χ0) is 24.6. The van der Waals surface area contributed by atoms with Crippen molar-refractivity contribution in [2.75, 3.05) is 19.7 Å². The van der Waals surface area contributed by atoms with Crippen LogP contribution < -0.4 is 0 Å². The van der Waals surface area contributed by atoms with Crippen molar-refractivity contribution in [1.82, 2.24) is 4.90 Å². The molecule has 10 heteroatoms. The van der Waals surface area contributed by atoms with Crippen LogP contribution in [0, 0.1) is 21.4 Å². The lowest BCUT2D eigenvalue weighted by Crippen LogP contribution is -2.41. The number of carbonyl (C=O) groups excluding carboxylic acids is 3. The standard InChI is InChI=1S/C23H32N2O8/c1-5-23(3,4)21(27)33-16(2)14-31-20(26)17-10-12-24(13-11-17)22(28)32-15-18-8-6-7-9-19(18)25(29)30/h6-9,16-17H,5,10-15H2,1-4H3. The number of para-hydroxylation sites is 1. The number of piperidine rings is 1. The molecule has 2 rings (SSSR count). The molecule has 0 bridgehead atoms. The van der Waals surface area contributed by atoms with Crippen molar-refractivity contribution in [1.29, 1.82) is 0 Å². The van der Waals surface area contributed by atoms with Crippen molar-refractivity contribution in [2.24, 2.45) is 11.3 Å². The highest BCUT2D eigenvalue weighted by atomic mass is 16.6. The maximum atomic E-state index is 12.4. The minimum Gasteiger partial charge on any atom is -0.462 e. The summed E-state index contributed by atoms with van der Waals surface area (Å²) in [4.78, 5) is 48.8. The van der Waals surface area contributed by atoms with Crippen LogP contribution in [0.3, 0.4) is 0 Å². The van der Waals surface area contributed by atoms with Gasteiger partial charge in [-0.1, -0.05) is 19.1 Å². The summed E-state index contributed by atoms with van der Waals surface area (Å²) in [5.74, 6) is -1.08. The number of benzene rings is 1. The average molecular weight is 465 g/mol. The Balaban J connectivity index is 1.74. The predicted octanol–water partition coefficient (Wildman–Crippen LogP) is 3.85. The lowest BCUT2D eigenvalue weighted by Gasteiger charge is -2.30. The van der Waals surface area contributed by atoms with E-state index in [0.29, 0.717) is 37.9 Å². The number of hydrogen-bond acceptors (Lipinski definition) is 8. The SMILES string of the molecule is CCC(C)(C)C(=O)OC(C)COC(=O)C1CCN(C(=O)OCc2ccccc2[N+](=O)[O-])CC1. The Kier molecular flexibility index (Phi) is 9.19. The van der Waals surface area contributed by atoms with Gasteiger partial charge in [0, 0.05) is 19.2 Å². The van der Waals surface area contributed by atoms with E-state index in [0.717, 1.165) is 0 Å². The van der Waals surface area contributed by atoms with Crippen LogP contribution in [-0.2, 0) is 30.4 Å². The minimum atomic E-state index is -0.592. The molecule has 0 N–H and O–H groups in total. The van der Waals surface area contributed by atoms with Crippen LogP contribution in [-0.4, -0.2) is 53.7 Å². The number of nitro groups is 1. The molecule has 0 radical (unpaired) electrons. The first-order chi connectivity index (χ1) is 15.5. The molecule has 0 aromatic heterocycles. The fourth-order valence-corrected chi connectivity index (χ4v) is 3.18. The zero-order valence-corrected chi connectivity index (χ0v) is 19.6. The molecule has 1 aliphatic heterocycles. The molecule has 0 spiro atoms. The van der Waals surface area contributed by atoms with E-state index in [2.05, 4.69) is 0 Å². The van der Waals surface area contributed by atoms with Gasteiger partial charge in [-0.2, -0.15) is 0 Å². The van der Waals surface area contributed by atoms with Gasteiger partial charge in [-0.05, 0) is 46.1 Å². The van der Waals surface area contributed by atoms with E-state index in [1.807, 2.05) is 6.92 Å². The molecule has 0 saturated carbocycles. The maximum Gasteiger partial charge on any atom is 0.410 e. The molecule has 1 amide bonds. The minimum absolute atomic E-state index is 0.0253. The van der Waals surface area contributed by atoms with Gasteiger partial charge in [-0.15, -0.1) is 0 Å². The van der Waals surface area contributed by atoms with Crippen LogP contribution in [0.5, 0.6) is 0 Å². The van der Waals surface area contributed by atoms with E-state index in [4.69, 9.17) is 14.2 Å². The number of nitrogens with zero attached hydrogens (tertiary/aromatic N) is 2. The van der Waals surface area contributed by atoms with Gasteiger partial charge in [0.25, 0.3) is 5.69 Å². The summed E-state index contributed by atoms with van der Waals surface area (Å²) >= 11 is 0. The van der Waals surface area contributed by atoms with E-state index in [1.54, 1.807) is 32.9 Å². The molecular weight excluding hydrogens is 432 g/mol. The van der Waals surface area contributed by atoms with Crippen molar-refractivity contribution >= 4 is 23.7 Å². The van der Waals surface area contributed by atoms with Crippen molar-refractivity contribution < 1.29 is 33.5 Å². The van der Waals surface area contributed by atoms with Gasteiger partial charge < -0.3 is 19.1 Å². The number of rotatable bonds is 9. The fraction of sp³-hybridized carbons (Fsp3) is 0.609. The maximum absolute atomic E-state index is 12.4. The van der Waals surface area contributed by atoms with Crippen molar-refractivity contribution in [3.8, 4) is 0 Å². The number of ether oxygens (including phenoxy) is 3. The van der Waals surface area contributed by atoms with E-state index in [-0.39, 0.29) is 36.8 Å². The number of nitro benzene ring substituents is 1. The van der Waals surface area contributed by atoms with Crippen molar-refractivity contribution in [2.45, 2.75) is 59.7 Å². The molecule has 33 heavy (non-hydrogen) atoms. The highest BCUT2D eigenvalue weighted by Gasteiger charge is 2.31. The predicted molar refractivity (Wildman–Crippen MR) is 118 cm³/mol. The highest BCUT2D eigenvalue weighted by molar-refractivity contribution is 5.76. The van der Waals surface area contributed by atoms with Crippen molar-refractivity contribution in [3.63, 3.8) is 0 Å². The van der Waals surface area contributed by atoms with E-state index < -0.39 is 22.5 Å². The Morgan fingerprint density at radius 3 is 2.42 bits per heavy atom. The molecular formula is C23H32N2O8. The largest absolute Gasteiger partial charge is 0.462 e. The third kappa shape index (κ3) is 7.44. The number of amides is 1. The Hall–Kier alpha value is -3.17. The van der Waals surface area contributed by atoms with Crippen LogP contribution in [0.15, 0.2) is 24.3 Å². The second-order valence-corrected chi connectivity index (χ2v) is 8.79. The van der Waals surface area contributed by atoms with Gasteiger partial charge in [-0.3, -0.25) is 19.7 Å². The molecule has 1 aromatic rings. The monoisotopic (exact) mass is 464 g/mol. The quantitative estimate of drug-likeness (QED) is 0.233. The molecule has 1 unspecified atom stereocenters. The summed E-state index contributed by atoms with van der Waals surface area (Å²) in [5.41, 5.74) is -0.387. The molecule has 1 saturated heterocycles. The highest BCUT2D eigenvalue weighted by Crippen LogP contribution is 2.24. The summed E-state index contributed by atoms with van der Waals surface area (Å²) in [7, 11) is 0. The van der Waals surface area contributed by atoms with E-state index in [9.17, 15) is 24.5 Å². The second-order valence-electron chi connectivity index (χ2n) is 8.79. The molecule has 1 atom stereocenters. The summed E-state index contributed by atoms with van der Waals surface area (Å²) in [6, 6.07) is 6.08. The number of likely N-dealkylation sites (tertiary alicyclic amines) is 1. The lowest BCUT2D eigenvalue weighted by molar-refractivity contribution is -0.385. The van der Waals surface area contributed by atoms with Gasteiger partial charge in [0.05, 0.1) is 21.8 Å². The summed E-state index contributed by atoms with van der Waals surface area (Å²) in [5, 5.41) is 11.1. The number of carbonyl (C=O) groups is 3. The molecule has 10 nitrogen and oxygen atoms in total. The Labute approximate surface area is 193 Å². The van der Waals surface area contributed by atoms with Gasteiger partial charge in [0.1, 0.15) is 19.3 Å². The third-order valence-corrected chi connectivity index (χ3v) is 5.83. The van der Waals surface area contributed by atoms with Crippen LogP contribution in [0.25, 0.3) is 0 Å². The van der Waals surface area contributed by atoms with Gasteiger partial charge in [0.15, 0.2) is 0 Å². The van der Waals surface area contributed by atoms with Crippen LogP contribution in [0.1, 0.15) is 52.5 Å². The molecule has 1 heterocycles. The molecule has 0 aliphatic carbocycles. The smallest absolute Gasteiger partial charge is 0.410 e. The van der Waals surface area contributed by atoms with Crippen LogP contribution in [0.2, 0.25) is 0 Å². The topological polar surface area (TPSA) is 125 Å². The zero-order valence-electron chi connectivity index (χ0n) is 19.6. The summed E-state index contributed by atoms with van der Waals surface area (Å²) in [6.45, 7) is 7.56. The summed E-state index contributed by atoms with van der Waals surface area (Å²) < 4.78 is 15.9. The van der Waals surface area contributed by atoms with Gasteiger partial charge in [-0.25, -0.2) is 4.79 Å². The molecule has 1 aromatic carbocycles. The molecule has 1 aliphatic rings.